The molecule has 2 aromatic heterocycles. The molecule has 1 amide bonds. The van der Waals surface area contributed by atoms with Crippen LogP contribution in [0.25, 0.3) is 0 Å². The molecule has 90 valence electrons. The van der Waals surface area contributed by atoms with Gasteiger partial charge in [-0.15, -0.1) is 22.7 Å². The van der Waals surface area contributed by atoms with E-state index in [0.717, 1.165) is 4.88 Å². The van der Waals surface area contributed by atoms with Gasteiger partial charge in [0.15, 0.2) is 4.80 Å². The highest BCUT2D eigenvalue weighted by Crippen LogP contribution is 2.19. The number of carbonyl (C=O) groups excluding carboxylic acids is 1. The van der Waals surface area contributed by atoms with Crippen molar-refractivity contribution in [3.63, 3.8) is 0 Å². The standard InChI is InChI=1S/C11H12N2O2S2/c1-8(14)12-11-13(4-6-17-11)7-9(15)10-3-2-5-16-10/h2-6,9,15H,7H2,1H3/t9-/m1/s1. The van der Waals surface area contributed by atoms with Crippen LogP contribution in [0.4, 0.5) is 0 Å². The van der Waals surface area contributed by atoms with Crippen molar-refractivity contribution in [1.29, 1.82) is 0 Å². The fraction of sp³-hybridized carbons (Fsp3) is 0.273. The third-order valence-corrected chi connectivity index (χ3v) is 3.92. The van der Waals surface area contributed by atoms with Gasteiger partial charge in [-0.2, -0.15) is 4.99 Å². The fourth-order valence-corrected chi connectivity index (χ4v) is 2.90. The van der Waals surface area contributed by atoms with E-state index in [-0.39, 0.29) is 5.91 Å². The van der Waals surface area contributed by atoms with Crippen LogP contribution in [0.1, 0.15) is 17.9 Å². The molecule has 1 atom stereocenters. The van der Waals surface area contributed by atoms with Crippen LogP contribution in [-0.2, 0) is 11.3 Å². The molecule has 4 nitrogen and oxygen atoms in total. The summed E-state index contributed by atoms with van der Waals surface area (Å²) >= 11 is 2.90. The summed E-state index contributed by atoms with van der Waals surface area (Å²) < 4.78 is 1.79. The van der Waals surface area contributed by atoms with E-state index in [4.69, 9.17) is 0 Å². The van der Waals surface area contributed by atoms with Gasteiger partial charge in [0.05, 0.1) is 6.54 Å². The summed E-state index contributed by atoms with van der Waals surface area (Å²) in [5.74, 6) is -0.230. The van der Waals surface area contributed by atoms with Crippen LogP contribution < -0.4 is 4.80 Å². The van der Waals surface area contributed by atoms with Crippen molar-refractivity contribution in [2.24, 2.45) is 4.99 Å². The van der Waals surface area contributed by atoms with Gasteiger partial charge in [0.25, 0.3) is 0 Å². The van der Waals surface area contributed by atoms with Gasteiger partial charge in [0, 0.05) is 23.4 Å². The van der Waals surface area contributed by atoms with Crippen molar-refractivity contribution < 1.29 is 9.90 Å². The lowest BCUT2D eigenvalue weighted by molar-refractivity contribution is -0.116. The molecule has 2 rings (SSSR count). The van der Waals surface area contributed by atoms with Gasteiger partial charge >= 0.3 is 0 Å². The SMILES string of the molecule is CC(=O)N=c1sccn1C[C@@H](O)c1cccs1. The average Bonchev–Trinajstić information content (AvgIpc) is 2.89. The smallest absolute Gasteiger partial charge is 0.245 e. The van der Waals surface area contributed by atoms with E-state index in [1.54, 1.807) is 4.57 Å². The molecule has 1 N–H and O–H groups in total. The van der Waals surface area contributed by atoms with Crippen LogP contribution >= 0.6 is 22.7 Å². The van der Waals surface area contributed by atoms with Gasteiger partial charge in [-0.25, -0.2) is 0 Å². The van der Waals surface area contributed by atoms with Crippen molar-refractivity contribution in [2.75, 3.05) is 0 Å². The molecule has 17 heavy (non-hydrogen) atoms. The minimum absolute atomic E-state index is 0.230. The highest BCUT2D eigenvalue weighted by atomic mass is 32.1. The Labute approximate surface area is 107 Å². The van der Waals surface area contributed by atoms with Gasteiger partial charge in [-0.3, -0.25) is 4.79 Å². The lowest BCUT2D eigenvalue weighted by atomic mass is 10.3. The quantitative estimate of drug-likeness (QED) is 0.922. The maximum atomic E-state index is 10.9. The number of thiophene rings is 1. The third kappa shape index (κ3) is 3.12. The Kier molecular flexibility index (Phi) is 3.88. The van der Waals surface area contributed by atoms with Crippen LogP contribution in [0.15, 0.2) is 34.1 Å². The van der Waals surface area contributed by atoms with Crippen LogP contribution in [0.5, 0.6) is 0 Å². The van der Waals surface area contributed by atoms with E-state index in [2.05, 4.69) is 4.99 Å². The first-order valence-electron chi connectivity index (χ1n) is 5.07. The Morgan fingerprint density at radius 3 is 3.00 bits per heavy atom. The zero-order chi connectivity index (χ0) is 12.3. The number of hydrogen-bond acceptors (Lipinski definition) is 4. The Balaban J connectivity index is 2.20. The minimum atomic E-state index is -0.560. The topological polar surface area (TPSA) is 54.6 Å². The lowest BCUT2D eigenvalue weighted by Gasteiger charge is -2.09. The molecule has 0 unspecified atom stereocenters. The Hall–Kier alpha value is -1.24. The van der Waals surface area contributed by atoms with Crippen molar-refractivity contribution in [3.05, 3.63) is 38.8 Å². The molecular weight excluding hydrogens is 256 g/mol. The highest BCUT2D eigenvalue weighted by Gasteiger charge is 2.10. The zero-order valence-electron chi connectivity index (χ0n) is 9.24. The molecule has 0 aliphatic carbocycles. The number of nitrogens with zero attached hydrogens (tertiary/aromatic N) is 2. The molecule has 6 heteroatoms. The molecule has 0 fully saturated rings. The zero-order valence-corrected chi connectivity index (χ0v) is 10.9. The molecule has 0 saturated carbocycles. The summed E-state index contributed by atoms with van der Waals surface area (Å²) in [6.45, 7) is 1.83. The Bertz CT molecular complexity index is 554. The number of rotatable bonds is 3. The van der Waals surface area contributed by atoms with Crippen LogP contribution in [0.3, 0.4) is 0 Å². The van der Waals surface area contributed by atoms with Gasteiger partial charge in [-0.05, 0) is 11.4 Å². The number of thiazole rings is 1. The maximum Gasteiger partial charge on any atom is 0.245 e. The molecule has 2 aromatic rings. The first kappa shape index (κ1) is 12.2. The van der Waals surface area contributed by atoms with E-state index < -0.39 is 6.10 Å². The largest absolute Gasteiger partial charge is 0.386 e. The van der Waals surface area contributed by atoms with E-state index in [0.29, 0.717) is 11.3 Å². The van der Waals surface area contributed by atoms with Gasteiger partial charge in [0.2, 0.25) is 5.91 Å². The summed E-state index contributed by atoms with van der Waals surface area (Å²) in [6.07, 6.45) is 1.26. The summed E-state index contributed by atoms with van der Waals surface area (Å²) in [6, 6.07) is 3.80. The third-order valence-electron chi connectivity index (χ3n) is 2.15. The van der Waals surface area contributed by atoms with E-state index in [9.17, 15) is 9.90 Å². The van der Waals surface area contributed by atoms with Crippen molar-refractivity contribution in [1.82, 2.24) is 4.57 Å². The normalized spacial score (nSPS) is 13.9. The second-order valence-electron chi connectivity index (χ2n) is 3.50. The number of aromatic nitrogens is 1. The second kappa shape index (κ2) is 5.39. The molecule has 0 aliphatic heterocycles. The van der Waals surface area contributed by atoms with Gasteiger partial charge < -0.3 is 9.67 Å². The first-order valence-corrected chi connectivity index (χ1v) is 6.83. The predicted octanol–water partition coefficient (Wildman–Crippen LogP) is 1.79. The summed E-state index contributed by atoms with van der Waals surface area (Å²) in [4.78, 5) is 16.4. The van der Waals surface area contributed by atoms with Crippen LogP contribution in [0.2, 0.25) is 0 Å². The van der Waals surface area contributed by atoms with Gasteiger partial charge in [-0.1, -0.05) is 6.07 Å². The van der Waals surface area contributed by atoms with E-state index in [1.165, 1.54) is 29.6 Å². The summed E-state index contributed by atoms with van der Waals surface area (Å²) in [7, 11) is 0. The Morgan fingerprint density at radius 2 is 2.35 bits per heavy atom. The second-order valence-corrected chi connectivity index (χ2v) is 5.35. The number of aliphatic hydroxyl groups is 1. The molecular formula is C11H12N2O2S2. The molecule has 0 aliphatic rings. The number of amides is 1. The number of carbonyl (C=O) groups is 1. The minimum Gasteiger partial charge on any atom is -0.386 e. The molecule has 0 spiro atoms. The molecule has 0 bridgehead atoms. The molecule has 0 aromatic carbocycles. The van der Waals surface area contributed by atoms with Crippen LogP contribution in [0, 0.1) is 0 Å². The van der Waals surface area contributed by atoms with Crippen molar-refractivity contribution in [2.45, 2.75) is 19.6 Å². The number of hydrogen-bond donors (Lipinski definition) is 1. The first-order chi connectivity index (χ1) is 8.16. The predicted molar refractivity (Wildman–Crippen MR) is 67.8 cm³/mol. The average molecular weight is 268 g/mol. The lowest BCUT2D eigenvalue weighted by Crippen LogP contribution is -2.19. The highest BCUT2D eigenvalue weighted by molar-refractivity contribution is 7.10. The molecule has 2 heterocycles. The van der Waals surface area contributed by atoms with Crippen LogP contribution in [-0.4, -0.2) is 15.6 Å². The van der Waals surface area contributed by atoms with Crippen molar-refractivity contribution in [3.8, 4) is 0 Å². The summed E-state index contributed by atoms with van der Waals surface area (Å²) in [5, 5.41) is 13.8. The van der Waals surface area contributed by atoms with Gasteiger partial charge in [0.1, 0.15) is 6.10 Å². The maximum absolute atomic E-state index is 10.9. The van der Waals surface area contributed by atoms with E-state index >= 15 is 0 Å². The molecule has 0 saturated heterocycles. The Morgan fingerprint density at radius 1 is 1.53 bits per heavy atom. The monoisotopic (exact) mass is 268 g/mol. The summed E-state index contributed by atoms with van der Waals surface area (Å²) in [5.41, 5.74) is 0. The molecule has 0 radical (unpaired) electrons. The van der Waals surface area contributed by atoms with Crippen molar-refractivity contribution >= 4 is 28.6 Å². The number of aliphatic hydroxyl groups excluding tert-OH is 1. The fourth-order valence-electron chi connectivity index (χ4n) is 1.42. The van der Waals surface area contributed by atoms with E-state index in [1.807, 2.05) is 29.1 Å².